The van der Waals surface area contributed by atoms with Gasteiger partial charge in [0.15, 0.2) is 5.75 Å². The SMILES string of the molecule is CC[C@@H](N)c1ccc(Oc2ccccc2NC(C)=O)cc1. The van der Waals surface area contributed by atoms with Gasteiger partial charge in [0, 0.05) is 13.0 Å². The molecule has 3 N–H and O–H groups in total. The molecule has 110 valence electrons. The Kier molecular flexibility index (Phi) is 4.95. The minimum absolute atomic E-state index is 0.0470. The molecule has 1 atom stereocenters. The molecule has 0 fully saturated rings. The molecule has 2 aromatic rings. The molecule has 0 saturated heterocycles. The summed E-state index contributed by atoms with van der Waals surface area (Å²) in [4.78, 5) is 11.2. The van der Waals surface area contributed by atoms with Crippen molar-refractivity contribution in [1.82, 2.24) is 0 Å². The summed E-state index contributed by atoms with van der Waals surface area (Å²) in [5.74, 6) is 1.19. The summed E-state index contributed by atoms with van der Waals surface area (Å²) in [6.07, 6.45) is 0.894. The fourth-order valence-corrected chi connectivity index (χ4v) is 1.99. The molecule has 0 aromatic heterocycles. The number of para-hydroxylation sites is 2. The predicted octanol–water partition coefficient (Wildman–Crippen LogP) is 3.85. The van der Waals surface area contributed by atoms with Gasteiger partial charge in [0.2, 0.25) is 5.91 Å². The van der Waals surface area contributed by atoms with Gasteiger partial charge in [-0.2, -0.15) is 0 Å². The lowest BCUT2D eigenvalue weighted by Gasteiger charge is -2.13. The molecule has 2 aromatic carbocycles. The van der Waals surface area contributed by atoms with Gasteiger partial charge in [-0.1, -0.05) is 31.2 Å². The van der Waals surface area contributed by atoms with E-state index in [1.54, 1.807) is 6.07 Å². The van der Waals surface area contributed by atoms with Crippen LogP contribution in [0.2, 0.25) is 0 Å². The molecule has 0 saturated carbocycles. The Hall–Kier alpha value is -2.33. The Bertz CT molecular complexity index is 608. The van der Waals surface area contributed by atoms with E-state index in [1.165, 1.54) is 6.92 Å². The summed E-state index contributed by atoms with van der Waals surface area (Å²) in [7, 11) is 0. The van der Waals surface area contributed by atoms with E-state index in [1.807, 2.05) is 42.5 Å². The van der Waals surface area contributed by atoms with E-state index in [0.29, 0.717) is 17.2 Å². The highest BCUT2D eigenvalue weighted by Crippen LogP contribution is 2.29. The Labute approximate surface area is 124 Å². The van der Waals surface area contributed by atoms with Crippen LogP contribution in [0.5, 0.6) is 11.5 Å². The normalized spacial score (nSPS) is 11.8. The van der Waals surface area contributed by atoms with Gasteiger partial charge in [-0.3, -0.25) is 4.79 Å². The van der Waals surface area contributed by atoms with Crippen molar-refractivity contribution < 1.29 is 9.53 Å². The summed E-state index contributed by atoms with van der Waals surface area (Å²) in [5, 5.41) is 2.75. The highest BCUT2D eigenvalue weighted by atomic mass is 16.5. The number of carbonyl (C=O) groups is 1. The highest BCUT2D eigenvalue weighted by molar-refractivity contribution is 5.90. The quantitative estimate of drug-likeness (QED) is 0.876. The van der Waals surface area contributed by atoms with Crippen molar-refractivity contribution in [3.63, 3.8) is 0 Å². The van der Waals surface area contributed by atoms with E-state index < -0.39 is 0 Å². The molecule has 2 rings (SSSR count). The lowest BCUT2D eigenvalue weighted by atomic mass is 10.1. The van der Waals surface area contributed by atoms with Gasteiger partial charge >= 0.3 is 0 Å². The summed E-state index contributed by atoms with van der Waals surface area (Å²) in [6.45, 7) is 3.52. The maximum atomic E-state index is 11.2. The van der Waals surface area contributed by atoms with Gasteiger partial charge in [-0.15, -0.1) is 0 Å². The molecule has 0 spiro atoms. The zero-order valence-electron chi connectivity index (χ0n) is 12.3. The first-order valence-electron chi connectivity index (χ1n) is 7.00. The van der Waals surface area contributed by atoms with Crippen LogP contribution in [0.3, 0.4) is 0 Å². The van der Waals surface area contributed by atoms with Crippen molar-refractivity contribution in [2.24, 2.45) is 5.73 Å². The molecule has 0 aliphatic heterocycles. The van der Waals surface area contributed by atoms with Crippen LogP contribution in [0.25, 0.3) is 0 Å². The fourth-order valence-electron chi connectivity index (χ4n) is 1.99. The zero-order valence-corrected chi connectivity index (χ0v) is 12.3. The molecular weight excluding hydrogens is 264 g/mol. The van der Waals surface area contributed by atoms with Crippen LogP contribution in [-0.4, -0.2) is 5.91 Å². The molecule has 0 aliphatic carbocycles. The van der Waals surface area contributed by atoms with Gasteiger partial charge < -0.3 is 15.8 Å². The third-order valence-corrected chi connectivity index (χ3v) is 3.17. The average molecular weight is 284 g/mol. The van der Waals surface area contributed by atoms with Crippen LogP contribution in [-0.2, 0) is 4.79 Å². The third-order valence-electron chi connectivity index (χ3n) is 3.17. The fraction of sp³-hybridized carbons (Fsp3) is 0.235. The van der Waals surface area contributed by atoms with Gasteiger partial charge in [0.25, 0.3) is 0 Å². The number of ether oxygens (including phenoxy) is 1. The minimum atomic E-state index is -0.129. The van der Waals surface area contributed by atoms with Crippen molar-refractivity contribution in [1.29, 1.82) is 0 Å². The Morgan fingerprint density at radius 3 is 2.48 bits per heavy atom. The van der Waals surface area contributed by atoms with E-state index in [-0.39, 0.29) is 11.9 Å². The predicted molar refractivity (Wildman–Crippen MR) is 84.5 cm³/mol. The smallest absolute Gasteiger partial charge is 0.221 e. The molecule has 1 amide bonds. The Morgan fingerprint density at radius 2 is 1.86 bits per heavy atom. The van der Waals surface area contributed by atoms with Gasteiger partial charge in [-0.05, 0) is 36.2 Å². The lowest BCUT2D eigenvalue weighted by Crippen LogP contribution is -2.08. The summed E-state index contributed by atoms with van der Waals surface area (Å²) in [5.41, 5.74) is 7.72. The van der Waals surface area contributed by atoms with Gasteiger partial charge in [0.1, 0.15) is 5.75 Å². The summed E-state index contributed by atoms with van der Waals surface area (Å²) >= 11 is 0. The summed E-state index contributed by atoms with van der Waals surface area (Å²) < 4.78 is 5.82. The number of nitrogens with one attached hydrogen (secondary N) is 1. The number of benzene rings is 2. The number of hydrogen-bond donors (Lipinski definition) is 2. The van der Waals surface area contributed by atoms with Crippen molar-refractivity contribution in [3.05, 3.63) is 54.1 Å². The number of rotatable bonds is 5. The van der Waals surface area contributed by atoms with Crippen LogP contribution >= 0.6 is 0 Å². The molecule has 0 aliphatic rings. The van der Waals surface area contributed by atoms with Crippen LogP contribution < -0.4 is 15.8 Å². The Morgan fingerprint density at radius 1 is 1.19 bits per heavy atom. The molecule has 0 bridgehead atoms. The standard InChI is InChI=1S/C17H20N2O2/c1-3-15(18)13-8-10-14(11-9-13)21-17-7-5-4-6-16(17)19-12(2)20/h4-11,15H,3,18H2,1-2H3,(H,19,20)/t15-/m1/s1. The second kappa shape index (κ2) is 6.90. The second-order valence-corrected chi connectivity index (χ2v) is 4.86. The second-order valence-electron chi connectivity index (χ2n) is 4.86. The maximum Gasteiger partial charge on any atom is 0.221 e. The van der Waals surface area contributed by atoms with Crippen molar-refractivity contribution in [2.75, 3.05) is 5.32 Å². The molecule has 4 heteroatoms. The van der Waals surface area contributed by atoms with Crippen molar-refractivity contribution in [3.8, 4) is 11.5 Å². The highest BCUT2D eigenvalue weighted by Gasteiger charge is 2.07. The summed E-state index contributed by atoms with van der Waals surface area (Å²) in [6, 6.07) is 15.1. The average Bonchev–Trinajstić information content (AvgIpc) is 2.49. The van der Waals surface area contributed by atoms with Crippen LogP contribution in [0.4, 0.5) is 5.69 Å². The first kappa shape index (κ1) is 15.1. The Balaban J connectivity index is 2.16. The zero-order chi connectivity index (χ0) is 15.2. The van der Waals surface area contributed by atoms with E-state index in [4.69, 9.17) is 10.5 Å². The number of carbonyl (C=O) groups excluding carboxylic acids is 1. The van der Waals surface area contributed by atoms with E-state index >= 15 is 0 Å². The van der Waals surface area contributed by atoms with E-state index in [2.05, 4.69) is 12.2 Å². The molecule has 0 unspecified atom stereocenters. The molecule has 0 heterocycles. The molecular formula is C17H20N2O2. The number of hydrogen-bond acceptors (Lipinski definition) is 3. The largest absolute Gasteiger partial charge is 0.455 e. The first-order valence-corrected chi connectivity index (χ1v) is 7.00. The number of anilines is 1. The molecule has 4 nitrogen and oxygen atoms in total. The molecule has 21 heavy (non-hydrogen) atoms. The van der Waals surface area contributed by atoms with E-state index in [0.717, 1.165) is 12.0 Å². The first-order chi connectivity index (χ1) is 10.1. The number of nitrogens with two attached hydrogens (primary N) is 1. The third kappa shape index (κ3) is 4.07. The topological polar surface area (TPSA) is 64.3 Å². The minimum Gasteiger partial charge on any atom is -0.455 e. The monoisotopic (exact) mass is 284 g/mol. The lowest BCUT2D eigenvalue weighted by molar-refractivity contribution is -0.114. The van der Waals surface area contributed by atoms with Gasteiger partial charge in [-0.25, -0.2) is 0 Å². The van der Waals surface area contributed by atoms with Crippen LogP contribution in [0.1, 0.15) is 31.9 Å². The van der Waals surface area contributed by atoms with Crippen molar-refractivity contribution in [2.45, 2.75) is 26.3 Å². The van der Waals surface area contributed by atoms with Crippen molar-refractivity contribution >= 4 is 11.6 Å². The molecule has 0 radical (unpaired) electrons. The van der Waals surface area contributed by atoms with Crippen LogP contribution in [0, 0.1) is 0 Å². The van der Waals surface area contributed by atoms with Gasteiger partial charge in [0.05, 0.1) is 5.69 Å². The number of amides is 1. The maximum absolute atomic E-state index is 11.2. The van der Waals surface area contributed by atoms with Crippen LogP contribution in [0.15, 0.2) is 48.5 Å². The van der Waals surface area contributed by atoms with E-state index in [9.17, 15) is 4.79 Å².